The fourth-order valence-corrected chi connectivity index (χ4v) is 3.03. The van der Waals surface area contributed by atoms with Gasteiger partial charge in [0.2, 0.25) is 0 Å². The van der Waals surface area contributed by atoms with Crippen LogP contribution in [-0.4, -0.2) is 23.3 Å². The number of aryl methyl sites for hydroxylation is 1. The summed E-state index contributed by atoms with van der Waals surface area (Å²) < 4.78 is 21.6. The fraction of sp³-hybridized carbons (Fsp3) is 0.533. The van der Waals surface area contributed by atoms with Gasteiger partial charge in [0, 0.05) is 20.3 Å². The maximum absolute atomic E-state index is 13.6. The second kappa shape index (κ2) is 4.97. The van der Waals surface area contributed by atoms with Crippen molar-refractivity contribution in [1.29, 1.82) is 0 Å². The number of nitrogens with one attached hydrogen (secondary N) is 1. The summed E-state index contributed by atoms with van der Waals surface area (Å²) in [6, 6.07) is 3.41. The molecule has 0 spiro atoms. The monoisotopic (exact) mass is 294 g/mol. The predicted octanol–water partition coefficient (Wildman–Crippen LogP) is 3.96. The number of nitrogens with zero attached hydrogens (tertiary/aromatic N) is 1. The molecular formula is C15H19FN2OS. The summed E-state index contributed by atoms with van der Waals surface area (Å²) in [5.41, 5.74) is 2.74. The van der Waals surface area contributed by atoms with Crippen molar-refractivity contribution in [2.75, 3.05) is 13.7 Å². The van der Waals surface area contributed by atoms with Crippen LogP contribution in [0.15, 0.2) is 12.1 Å². The van der Waals surface area contributed by atoms with Gasteiger partial charge in [-0.1, -0.05) is 0 Å². The molecule has 3 nitrogen and oxygen atoms in total. The van der Waals surface area contributed by atoms with E-state index in [4.69, 9.17) is 17.0 Å². The number of fused-ring (bicyclic) bond motifs is 1. The smallest absolute Gasteiger partial charge is 0.178 e. The van der Waals surface area contributed by atoms with Gasteiger partial charge < -0.3 is 14.3 Å². The van der Waals surface area contributed by atoms with Crippen LogP contribution in [0, 0.1) is 22.9 Å². The lowest BCUT2D eigenvalue weighted by atomic mass is 10.0. The number of hydrogen-bond donors (Lipinski definition) is 1. The van der Waals surface area contributed by atoms with Crippen LogP contribution in [0.1, 0.15) is 24.8 Å². The lowest BCUT2D eigenvalue weighted by molar-refractivity contribution is 0.167. The number of imidazole rings is 1. The second-order valence-electron chi connectivity index (χ2n) is 5.88. The topological polar surface area (TPSA) is 29.9 Å². The van der Waals surface area contributed by atoms with E-state index in [0.29, 0.717) is 15.7 Å². The molecule has 1 aromatic heterocycles. The van der Waals surface area contributed by atoms with Gasteiger partial charge in [-0.2, -0.15) is 0 Å². The highest BCUT2D eigenvalue weighted by Crippen LogP contribution is 2.50. The van der Waals surface area contributed by atoms with Gasteiger partial charge in [-0.05, 0) is 61.5 Å². The highest BCUT2D eigenvalue weighted by Gasteiger charge is 2.42. The molecule has 0 unspecified atom stereocenters. The quantitative estimate of drug-likeness (QED) is 0.846. The Morgan fingerprint density at radius 1 is 1.45 bits per heavy atom. The molecule has 0 aliphatic heterocycles. The molecule has 20 heavy (non-hydrogen) atoms. The maximum Gasteiger partial charge on any atom is 0.178 e. The molecule has 3 rings (SSSR count). The third kappa shape index (κ3) is 2.40. The van der Waals surface area contributed by atoms with Crippen LogP contribution in [0.25, 0.3) is 11.0 Å². The van der Waals surface area contributed by atoms with Gasteiger partial charge in [0.05, 0.1) is 11.0 Å². The van der Waals surface area contributed by atoms with Crippen LogP contribution in [0.2, 0.25) is 0 Å². The molecule has 0 atom stereocenters. The van der Waals surface area contributed by atoms with Gasteiger partial charge in [0.15, 0.2) is 4.77 Å². The van der Waals surface area contributed by atoms with Crippen molar-refractivity contribution < 1.29 is 9.13 Å². The molecule has 1 aromatic carbocycles. The number of aromatic amines is 1. The Hall–Kier alpha value is -1.20. The Labute approximate surface area is 122 Å². The Bertz CT molecular complexity index is 700. The highest BCUT2D eigenvalue weighted by atomic mass is 32.1. The summed E-state index contributed by atoms with van der Waals surface area (Å²) in [7, 11) is 1.74. The first kappa shape index (κ1) is 13.8. The van der Waals surface area contributed by atoms with Crippen molar-refractivity contribution in [3.63, 3.8) is 0 Å². The molecule has 1 heterocycles. The molecule has 0 amide bonds. The first-order valence-electron chi connectivity index (χ1n) is 6.92. The lowest BCUT2D eigenvalue weighted by Crippen LogP contribution is -2.14. The molecule has 2 aromatic rings. The van der Waals surface area contributed by atoms with E-state index in [2.05, 4.69) is 9.55 Å². The number of halogens is 1. The first-order chi connectivity index (χ1) is 9.54. The fourth-order valence-electron chi connectivity index (χ4n) is 2.76. The zero-order chi connectivity index (χ0) is 14.3. The van der Waals surface area contributed by atoms with E-state index >= 15 is 0 Å². The molecular weight excluding hydrogens is 275 g/mol. The third-order valence-corrected chi connectivity index (χ3v) is 4.66. The minimum absolute atomic E-state index is 0.193. The van der Waals surface area contributed by atoms with Crippen molar-refractivity contribution in [3.05, 3.63) is 28.3 Å². The summed E-state index contributed by atoms with van der Waals surface area (Å²) in [6.07, 6.45) is 3.48. The summed E-state index contributed by atoms with van der Waals surface area (Å²) in [6.45, 7) is 3.45. The maximum atomic E-state index is 13.6. The number of aromatic nitrogens is 2. The Balaban J connectivity index is 1.97. The highest BCUT2D eigenvalue weighted by molar-refractivity contribution is 7.71. The van der Waals surface area contributed by atoms with Gasteiger partial charge in [-0.3, -0.25) is 0 Å². The summed E-state index contributed by atoms with van der Waals surface area (Å²) in [5, 5.41) is 0. The van der Waals surface area contributed by atoms with Gasteiger partial charge in [0.25, 0.3) is 0 Å². The standard InChI is InChI=1S/C15H19FN2OS/c1-10-7-13-12(8-11(10)16)17-14(20)18(13)9-15(3-4-15)5-6-19-2/h7-8H,3-6,9H2,1-2H3,(H,17,20). The average molecular weight is 294 g/mol. The van der Waals surface area contributed by atoms with E-state index < -0.39 is 0 Å². The van der Waals surface area contributed by atoms with Gasteiger partial charge in [-0.15, -0.1) is 0 Å². The van der Waals surface area contributed by atoms with E-state index in [-0.39, 0.29) is 5.82 Å². The number of hydrogen-bond acceptors (Lipinski definition) is 2. The molecule has 1 aliphatic carbocycles. The van der Waals surface area contributed by atoms with E-state index in [0.717, 1.165) is 30.6 Å². The number of rotatable bonds is 5. The molecule has 1 N–H and O–H groups in total. The van der Waals surface area contributed by atoms with Crippen LogP contribution < -0.4 is 0 Å². The van der Waals surface area contributed by atoms with Crippen molar-refractivity contribution in [1.82, 2.24) is 9.55 Å². The van der Waals surface area contributed by atoms with Crippen LogP contribution in [0.4, 0.5) is 4.39 Å². The molecule has 0 bridgehead atoms. The Kier molecular flexibility index (Phi) is 3.42. The van der Waals surface area contributed by atoms with Crippen LogP contribution in [-0.2, 0) is 11.3 Å². The third-order valence-electron chi connectivity index (χ3n) is 4.34. The van der Waals surface area contributed by atoms with E-state index in [1.54, 1.807) is 14.0 Å². The number of ether oxygens (including phenoxy) is 1. The van der Waals surface area contributed by atoms with Crippen LogP contribution in [0.3, 0.4) is 0 Å². The van der Waals surface area contributed by atoms with Gasteiger partial charge in [-0.25, -0.2) is 4.39 Å². The van der Waals surface area contributed by atoms with Crippen molar-refractivity contribution in [3.8, 4) is 0 Å². The van der Waals surface area contributed by atoms with E-state index in [1.165, 1.54) is 18.9 Å². The Morgan fingerprint density at radius 3 is 2.85 bits per heavy atom. The van der Waals surface area contributed by atoms with Crippen molar-refractivity contribution in [2.45, 2.75) is 32.7 Å². The SMILES string of the molecule is COCCC1(Cn2c(=S)[nH]c3cc(F)c(C)cc32)CC1. The van der Waals surface area contributed by atoms with Gasteiger partial charge in [0.1, 0.15) is 5.82 Å². The summed E-state index contributed by atoms with van der Waals surface area (Å²) in [5.74, 6) is -0.193. The molecule has 1 aliphatic rings. The molecule has 5 heteroatoms. The first-order valence-corrected chi connectivity index (χ1v) is 7.33. The number of benzene rings is 1. The largest absolute Gasteiger partial charge is 0.385 e. The molecule has 1 saturated carbocycles. The van der Waals surface area contributed by atoms with Crippen molar-refractivity contribution >= 4 is 23.3 Å². The lowest BCUT2D eigenvalue weighted by Gasteiger charge is -2.16. The molecule has 0 radical (unpaired) electrons. The summed E-state index contributed by atoms with van der Waals surface area (Å²) in [4.78, 5) is 3.11. The normalized spacial score (nSPS) is 16.8. The molecule has 108 valence electrons. The van der Waals surface area contributed by atoms with Crippen LogP contribution in [0.5, 0.6) is 0 Å². The molecule has 0 saturated heterocycles. The molecule has 1 fully saturated rings. The number of H-pyrrole nitrogens is 1. The zero-order valence-electron chi connectivity index (χ0n) is 11.8. The van der Waals surface area contributed by atoms with Gasteiger partial charge >= 0.3 is 0 Å². The van der Waals surface area contributed by atoms with Crippen molar-refractivity contribution in [2.24, 2.45) is 5.41 Å². The number of methoxy groups -OCH3 is 1. The predicted molar refractivity (Wildman–Crippen MR) is 80.0 cm³/mol. The minimum Gasteiger partial charge on any atom is -0.385 e. The van der Waals surface area contributed by atoms with E-state index in [1.807, 2.05) is 6.07 Å². The zero-order valence-corrected chi connectivity index (χ0v) is 12.6. The second-order valence-corrected chi connectivity index (χ2v) is 6.26. The van der Waals surface area contributed by atoms with Crippen LogP contribution >= 0.6 is 12.2 Å². The summed E-state index contributed by atoms with van der Waals surface area (Å²) >= 11 is 5.40. The minimum atomic E-state index is -0.193. The average Bonchev–Trinajstić information content (AvgIpc) is 3.12. The van der Waals surface area contributed by atoms with E-state index in [9.17, 15) is 4.39 Å². The Morgan fingerprint density at radius 2 is 2.20 bits per heavy atom.